The van der Waals surface area contributed by atoms with Crippen LogP contribution in [0, 0.1) is 13.8 Å². The zero-order chi connectivity index (χ0) is 15.8. The molecule has 1 aromatic heterocycles. The lowest BCUT2D eigenvalue weighted by Crippen LogP contribution is -1.83. The lowest BCUT2D eigenvalue weighted by molar-refractivity contribution is 1.39. The summed E-state index contributed by atoms with van der Waals surface area (Å²) in [6.07, 6.45) is 0. The Morgan fingerprint density at radius 3 is 1.83 bits per heavy atom. The number of fused-ring (bicyclic) bond motifs is 1. The van der Waals surface area contributed by atoms with Crippen LogP contribution < -0.4 is 0 Å². The van der Waals surface area contributed by atoms with Gasteiger partial charge in [0.05, 0.1) is 5.69 Å². The van der Waals surface area contributed by atoms with Crippen molar-refractivity contribution in [2.24, 2.45) is 0 Å². The van der Waals surface area contributed by atoms with Crippen LogP contribution in [0.25, 0.3) is 33.3 Å². The van der Waals surface area contributed by atoms with Gasteiger partial charge in [0, 0.05) is 16.5 Å². The molecule has 0 spiro atoms. The molecular weight excluding hydrogens is 278 g/mol. The average molecular weight is 297 g/mol. The highest BCUT2D eigenvalue weighted by Crippen LogP contribution is 2.40. The molecule has 112 valence electrons. The number of nitrogens with one attached hydrogen (secondary N) is 1. The van der Waals surface area contributed by atoms with E-state index in [2.05, 4.69) is 91.6 Å². The van der Waals surface area contributed by atoms with Gasteiger partial charge in [0.25, 0.3) is 0 Å². The van der Waals surface area contributed by atoms with Crippen LogP contribution in [0.15, 0.2) is 72.8 Å². The molecule has 1 heterocycles. The van der Waals surface area contributed by atoms with Crippen LogP contribution in [0.2, 0.25) is 0 Å². The monoisotopic (exact) mass is 297 g/mol. The number of aryl methyl sites for hydroxylation is 2. The number of aromatic amines is 1. The van der Waals surface area contributed by atoms with Gasteiger partial charge in [-0.15, -0.1) is 0 Å². The van der Waals surface area contributed by atoms with Crippen molar-refractivity contribution in [3.8, 4) is 22.4 Å². The maximum atomic E-state index is 3.69. The van der Waals surface area contributed by atoms with Gasteiger partial charge in [-0.3, -0.25) is 0 Å². The molecule has 0 fully saturated rings. The summed E-state index contributed by atoms with van der Waals surface area (Å²) >= 11 is 0. The van der Waals surface area contributed by atoms with Gasteiger partial charge in [-0.25, -0.2) is 0 Å². The molecule has 0 bridgehead atoms. The lowest BCUT2D eigenvalue weighted by Gasteiger charge is -2.07. The quantitative estimate of drug-likeness (QED) is 0.459. The Labute approximate surface area is 136 Å². The van der Waals surface area contributed by atoms with Crippen molar-refractivity contribution in [3.05, 3.63) is 83.9 Å². The molecule has 1 N–H and O–H groups in total. The number of hydrogen-bond acceptors (Lipinski definition) is 0. The number of H-pyrrole nitrogens is 1. The molecule has 0 atom stereocenters. The minimum absolute atomic E-state index is 1.20. The molecule has 4 aromatic rings. The molecule has 0 aliphatic heterocycles. The molecule has 23 heavy (non-hydrogen) atoms. The van der Waals surface area contributed by atoms with Crippen molar-refractivity contribution >= 4 is 10.9 Å². The lowest BCUT2D eigenvalue weighted by atomic mass is 9.95. The average Bonchev–Trinajstić information content (AvgIpc) is 3.02. The van der Waals surface area contributed by atoms with E-state index in [1.165, 1.54) is 44.4 Å². The second-order valence-electron chi connectivity index (χ2n) is 6.06. The summed E-state index contributed by atoms with van der Waals surface area (Å²) in [6, 6.07) is 25.7. The zero-order valence-corrected chi connectivity index (χ0v) is 13.4. The van der Waals surface area contributed by atoms with E-state index in [1.54, 1.807) is 0 Å². The Hall–Kier alpha value is -2.80. The van der Waals surface area contributed by atoms with Gasteiger partial charge in [0.2, 0.25) is 0 Å². The number of hydrogen-bond donors (Lipinski definition) is 1. The maximum Gasteiger partial charge on any atom is 0.0544 e. The molecule has 0 radical (unpaired) electrons. The highest BCUT2D eigenvalue weighted by molar-refractivity contribution is 6.06. The van der Waals surface area contributed by atoms with Gasteiger partial charge in [-0.05, 0) is 36.1 Å². The first-order chi connectivity index (χ1) is 11.3. The van der Waals surface area contributed by atoms with Crippen molar-refractivity contribution in [3.63, 3.8) is 0 Å². The smallest absolute Gasteiger partial charge is 0.0544 e. The second kappa shape index (κ2) is 5.44. The third-order valence-electron chi connectivity index (χ3n) is 4.50. The van der Waals surface area contributed by atoms with Crippen LogP contribution >= 0.6 is 0 Å². The summed E-state index contributed by atoms with van der Waals surface area (Å²) in [6.45, 7) is 4.36. The number of rotatable bonds is 2. The van der Waals surface area contributed by atoms with Gasteiger partial charge in [-0.2, -0.15) is 0 Å². The van der Waals surface area contributed by atoms with Crippen molar-refractivity contribution in [2.75, 3.05) is 0 Å². The topological polar surface area (TPSA) is 15.8 Å². The highest BCUT2D eigenvalue weighted by atomic mass is 14.7. The van der Waals surface area contributed by atoms with E-state index in [1.807, 2.05) is 0 Å². The molecule has 0 aliphatic rings. The first-order valence-corrected chi connectivity index (χ1v) is 7.98. The second-order valence-corrected chi connectivity index (χ2v) is 6.06. The third-order valence-corrected chi connectivity index (χ3v) is 4.50. The fourth-order valence-corrected chi connectivity index (χ4v) is 3.32. The molecule has 0 amide bonds. The summed E-state index contributed by atoms with van der Waals surface area (Å²) in [5.41, 5.74) is 8.81. The van der Waals surface area contributed by atoms with Crippen molar-refractivity contribution in [1.29, 1.82) is 0 Å². The summed E-state index contributed by atoms with van der Waals surface area (Å²) in [5.74, 6) is 0. The zero-order valence-electron chi connectivity index (χ0n) is 13.4. The third kappa shape index (κ3) is 2.25. The van der Waals surface area contributed by atoms with Gasteiger partial charge in [0.1, 0.15) is 0 Å². The maximum absolute atomic E-state index is 3.69. The Kier molecular flexibility index (Phi) is 3.27. The molecule has 0 unspecified atom stereocenters. The van der Waals surface area contributed by atoms with Crippen molar-refractivity contribution in [2.45, 2.75) is 13.8 Å². The Morgan fingerprint density at radius 2 is 1.17 bits per heavy atom. The Bertz CT molecular complexity index is 963. The molecular formula is C22H19N. The standard InChI is InChI=1S/C22H19N/c1-15-13-14-16(2)21-19(15)20(17-9-5-3-6-10-17)22(23-21)18-11-7-4-8-12-18/h3-14,23H,1-2H3. The van der Waals surface area contributed by atoms with E-state index in [4.69, 9.17) is 0 Å². The Morgan fingerprint density at radius 1 is 0.609 bits per heavy atom. The SMILES string of the molecule is Cc1ccc(C)c2c(-c3ccccc3)c(-c3ccccc3)[nH]c12. The molecule has 0 aliphatic carbocycles. The fourth-order valence-electron chi connectivity index (χ4n) is 3.32. The van der Waals surface area contributed by atoms with Crippen LogP contribution in [0.3, 0.4) is 0 Å². The number of benzene rings is 3. The van der Waals surface area contributed by atoms with Gasteiger partial charge in [0.15, 0.2) is 0 Å². The largest absolute Gasteiger partial charge is 0.354 e. The van der Waals surface area contributed by atoms with Gasteiger partial charge in [-0.1, -0.05) is 72.8 Å². The molecule has 0 saturated carbocycles. The summed E-state index contributed by atoms with van der Waals surface area (Å²) in [4.78, 5) is 3.69. The van der Waals surface area contributed by atoms with E-state index in [9.17, 15) is 0 Å². The predicted molar refractivity (Wildman–Crippen MR) is 98.6 cm³/mol. The fraction of sp³-hybridized carbons (Fsp3) is 0.0909. The van der Waals surface area contributed by atoms with Crippen LogP contribution in [0.1, 0.15) is 11.1 Å². The van der Waals surface area contributed by atoms with Crippen LogP contribution in [0.5, 0.6) is 0 Å². The van der Waals surface area contributed by atoms with Gasteiger partial charge >= 0.3 is 0 Å². The van der Waals surface area contributed by atoms with Crippen molar-refractivity contribution in [1.82, 2.24) is 4.98 Å². The van der Waals surface area contributed by atoms with E-state index in [0.29, 0.717) is 0 Å². The van der Waals surface area contributed by atoms with E-state index in [0.717, 1.165) is 0 Å². The molecule has 1 nitrogen and oxygen atoms in total. The highest BCUT2D eigenvalue weighted by Gasteiger charge is 2.17. The molecule has 0 saturated heterocycles. The minimum Gasteiger partial charge on any atom is -0.354 e. The van der Waals surface area contributed by atoms with Crippen LogP contribution in [-0.2, 0) is 0 Å². The van der Waals surface area contributed by atoms with Crippen LogP contribution in [0.4, 0.5) is 0 Å². The molecule has 3 aromatic carbocycles. The van der Waals surface area contributed by atoms with Crippen molar-refractivity contribution < 1.29 is 0 Å². The first kappa shape index (κ1) is 13.8. The van der Waals surface area contributed by atoms with E-state index < -0.39 is 0 Å². The van der Waals surface area contributed by atoms with Crippen LogP contribution in [-0.4, -0.2) is 4.98 Å². The minimum atomic E-state index is 1.20. The van der Waals surface area contributed by atoms with E-state index >= 15 is 0 Å². The predicted octanol–water partition coefficient (Wildman–Crippen LogP) is 6.12. The summed E-state index contributed by atoms with van der Waals surface area (Å²) in [5, 5.41) is 1.33. The normalized spacial score (nSPS) is 11.0. The Balaban J connectivity index is 2.14. The molecule has 4 rings (SSSR count). The van der Waals surface area contributed by atoms with Gasteiger partial charge < -0.3 is 4.98 Å². The molecule has 1 heteroatoms. The van der Waals surface area contributed by atoms with E-state index in [-0.39, 0.29) is 0 Å². The summed E-state index contributed by atoms with van der Waals surface area (Å²) < 4.78 is 0. The number of aromatic nitrogens is 1. The first-order valence-electron chi connectivity index (χ1n) is 7.98. The summed E-state index contributed by atoms with van der Waals surface area (Å²) in [7, 11) is 0.